The molecule has 1 aliphatic rings. The summed E-state index contributed by atoms with van der Waals surface area (Å²) in [5.74, 6) is -0.233. The van der Waals surface area contributed by atoms with E-state index in [0.29, 0.717) is 24.0 Å². The first-order valence-corrected chi connectivity index (χ1v) is 8.97. The smallest absolute Gasteiger partial charge is 0.371 e. The first-order valence-electron chi connectivity index (χ1n) is 8.97. The maximum atomic E-state index is 12.5. The van der Waals surface area contributed by atoms with Crippen LogP contribution in [0.5, 0.6) is 0 Å². The molecule has 0 unspecified atom stereocenters. The molecule has 8 heteroatoms. The zero-order valence-electron chi connectivity index (χ0n) is 15.1. The zero-order chi connectivity index (χ0) is 20.1. The van der Waals surface area contributed by atoms with Crippen molar-refractivity contribution in [2.24, 2.45) is 5.92 Å². The number of piperidine rings is 1. The van der Waals surface area contributed by atoms with Crippen molar-refractivity contribution in [1.29, 1.82) is 0 Å². The molecule has 3 rings (SSSR count). The third-order valence-corrected chi connectivity index (χ3v) is 4.84. The van der Waals surface area contributed by atoms with Crippen LogP contribution in [0.1, 0.15) is 34.5 Å². The average molecular weight is 391 g/mol. The van der Waals surface area contributed by atoms with Crippen LogP contribution in [0.4, 0.5) is 18.9 Å². The summed E-state index contributed by atoms with van der Waals surface area (Å²) in [5.41, 5.74) is 1.21. The number of pyridine rings is 1. The molecule has 1 amide bonds. The number of rotatable bonds is 5. The summed E-state index contributed by atoms with van der Waals surface area (Å²) in [4.78, 5) is 28.6. The predicted octanol–water partition coefficient (Wildman–Crippen LogP) is 3.45. The Morgan fingerprint density at radius 2 is 1.82 bits per heavy atom. The lowest BCUT2D eigenvalue weighted by atomic mass is 9.95. The molecule has 5 nitrogen and oxygen atoms in total. The van der Waals surface area contributed by atoms with Crippen molar-refractivity contribution in [3.8, 4) is 0 Å². The molecular formula is C20H20F3N3O2. The number of amides is 1. The maximum absolute atomic E-state index is 12.5. The number of nitrogens with zero attached hydrogens (tertiary/aromatic N) is 2. The van der Waals surface area contributed by atoms with Gasteiger partial charge in [-0.25, -0.2) is 0 Å². The first-order chi connectivity index (χ1) is 13.4. The molecule has 0 atom stereocenters. The van der Waals surface area contributed by atoms with Crippen molar-refractivity contribution < 1.29 is 22.8 Å². The van der Waals surface area contributed by atoms with Crippen LogP contribution < -0.4 is 10.2 Å². The van der Waals surface area contributed by atoms with Crippen molar-refractivity contribution in [3.63, 3.8) is 0 Å². The van der Waals surface area contributed by atoms with Crippen molar-refractivity contribution in [2.45, 2.75) is 25.6 Å². The number of anilines is 1. The summed E-state index contributed by atoms with van der Waals surface area (Å²) in [6.45, 7) is 1.60. The summed E-state index contributed by atoms with van der Waals surface area (Å²) in [6, 6.07) is 9.54. The SMILES string of the molecule is O=Cc1ccc(N2CCC(C(=O)NCc3ccc(C(F)(F)F)nc3)CC2)cc1. The number of alkyl halides is 3. The largest absolute Gasteiger partial charge is 0.433 e. The number of carbonyl (C=O) groups is 2. The predicted molar refractivity (Wildman–Crippen MR) is 97.9 cm³/mol. The third kappa shape index (κ3) is 4.88. The summed E-state index contributed by atoms with van der Waals surface area (Å²) in [7, 11) is 0. The van der Waals surface area contributed by atoms with Gasteiger partial charge in [-0.2, -0.15) is 13.2 Å². The standard InChI is InChI=1S/C20H20F3N3O2/c21-20(22,23)18-6-3-15(11-24-18)12-25-19(28)16-7-9-26(10-8-16)17-4-1-14(13-27)2-5-17/h1-6,11,13,16H,7-10,12H2,(H,25,28). The van der Waals surface area contributed by atoms with Gasteiger partial charge in [-0.1, -0.05) is 6.07 Å². The van der Waals surface area contributed by atoms with Crippen LogP contribution in [0.2, 0.25) is 0 Å². The van der Waals surface area contributed by atoms with E-state index in [-0.39, 0.29) is 18.4 Å². The Kier molecular flexibility index (Phi) is 5.96. The van der Waals surface area contributed by atoms with E-state index in [1.165, 1.54) is 6.07 Å². The normalized spacial score (nSPS) is 15.3. The van der Waals surface area contributed by atoms with Crippen molar-refractivity contribution in [1.82, 2.24) is 10.3 Å². The van der Waals surface area contributed by atoms with E-state index in [1.54, 1.807) is 12.1 Å². The highest BCUT2D eigenvalue weighted by molar-refractivity contribution is 5.79. The molecule has 2 heterocycles. The van der Waals surface area contributed by atoms with Gasteiger partial charge in [-0.3, -0.25) is 14.6 Å². The number of carbonyl (C=O) groups excluding carboxylic acids is 2. The molecule has 2 aromatic rings. The molecule has 1 aromatic heterocycles. The van der Waals surface area contributed by atoms with E-state index in [4.69, 9.17) is 0 Å². The number of aromatic nitrogens is 1. The lowest BCUT2D eigenvalue weighted by Gasteiger charge is -2.33. The molecule has 148 valence electrons. The molecule has 0 radical (unpaired) electrons. The van der Waals surface area contributed by atoms with Gasteiger partial charge in [-0.05, 0) is 48.7 Å². The lowest BCUT2D eigenvalue weighted by molar-refractivity contribution is -0.141. The Morgan fingerprint density at radius 3 is 2.36 bits per heavy atom. The fraction of sp³-hybridized carbons (Fsp3) is 0.350. The zero-order valence-corrected chi connectivity index (χ0v) is 15.1. The van der Waals surface area contributed by atoms with Gasteiger partial charge in [0.15, 0.2) is 0 Å². The van der Waals surface area contributed by atoms with Crippen LogP contribution in [0, 0.1) is 5.92 Å². The Bertz CT molecular complexity index is 812. The quantitative estimate of drug-likeness (QED) is 0.793. The van der Waals surface area contributed by atoms with E-state index < -0.39 is 11.9 Å². The average Bonchev–Trinajstić information content (AvgIpc) is 2.72. The molecule has 28 heavy (non-hydrogen) atoms. The minimum atomic E-state index is -4.47. The summed E-state index contributed by atoms with van der Waals surface area (Å²) in [6.07, 6.45) is -1.16. The highest BCUT2D eigenvalue weighted by Gasteiger charge is 2.32. The molecule has 0 aliphatic carbocycles. The van der Waals surface area contributed by atoms with Crippen LogP contribution >= 0.6 is 0 Å². The molecule has 1 aromatic carbocycles. The summed E-state index contributed by atoms with van der Waals surface area (Å²) >= 11 is 0. The Balaban J connectivity index is 1.47. The highest BCUT2D eigenvalue weighted by atomic mass is 19.4. The fourth-order valence-electron chi connectivity index (χ4n) is 3.19. The van der Waals surface area contributed by atoms with E-state index in [2.05, 4.69) is 15.2 Å². The monoisotopic (exact) mass is 391 g/mol. The first kappa shape index (κ1) is 19.9. The lowest BCUT2D eigenvalue weighted by Crippen LogP contribution is -2.40. The van der Waals surface area contributed by atoms with E-state index in [0.717, 1.165) is 37.3 Å². The van der Waals surface area contributed by atoms with Crippen molar-refractivity contribution >= 4 is 17.9 Å². The van der Waals surface area contributed by atoms with E-state index in [1.807, 2.05) is 12.1 Å². The Morgan fingerprint density at radius 1 is 1.14 bits per heavy atom. The molecule has 1 fully saturated rings. The molecule has 0 bridgehead atoms. The minimum absolute atomic E-state index is 0.101. The van der Waals surface area contributed by atoms with Crippen LogP contribution in [-0.2, 0) is 17.5 Å². The van der Waals surface area contributed by atoms with Gasteiger partial charge in [0.25, 0.3) is 0 Å². The number of nitrogens with one attached hydrogen (secondary N) is 1. The van der Waals surface area contributed by atoms with E-state index in [9.17, 15) is 22.8 Å². The number of aldehydes is 1. The number of halogens is 3. The van der Waals surface area contributed by atoms with Crippen LogP contribution in [-0.4, -0.2) is 30.3 Å². The van der Waals surface area contributed by atoms with Gasteiger partial charge in [-0.15, -0.1) is 0 Å². The van der Waals surface area contributed by atoms with Gasteiger partial charge >= 0.3 is 6.18 Å². The van der Waals surface area contributed by atoms with Crippen molar-refractivity contribution in [3.05, 3.63) is 59.4 Å². The van der Waals surface area contributed by atoms with Gasteiger partial charge < -0.3 is 10.2 Å². The Hall–Kier alpha value is -2.90. The maximum Gasteiger partial charge on any atom is 0.433 e. The molecule has 1 aliphatic heterocycles. The second-order valence-corrected chi connectivity index (χ2v) is 6.74. The molecule has 0 saturated carbocycles. The molecular weight excluding hydrogens is 371 g/mol. The van der Waals surface area contributed by atoms with Crippen molar-refractivity contribution in [2.75, 3.05) is 18.0 Å². The van der Waals surface area contributed by atoms with Crippen LogP contribution in [0.3, 0.4) is 0 Å². The molecule has 1 N–H and O–H groups in total. The van der Waals surface area contributed by atoms with Gasteiger partial charge in [0.2, 0.25) is 5.91 Å². The van der Waals surface area contributed by atoms with Gasteiger partial charge in [0.1, 0.15) is 12.0 Å². The second kappa shape index (κ2) is 8.41. The third-order valence-electron chi connectivity index (χ3n) is 4.84. The minimum Gasteiger partial charge on any atom is -0.371 e. The van der Waals surface area contributed by atoms with E-state index >= 15 is 0 Å². The van der Waals surface area contributed by atoms with Crippen LogP contribution in [0.15, 0.2) is 42.6 Å². The summed E-state index contributed by atoms with van der Waals surface area (Å²) < 4.78 is 37.6. The topological polar surface area (TPSA) is 62.3 Å². The Labute approximate surface area is 160 Å². The second-order valence-electron chi connectivity index (χ2n) is 6.74. The molecule has 0 spiro atoms. The van der Waals surface area contributed by atoms with Gasteiger partial charge in [0.05, 0.1) is 0 Å². The number of hydrogen-bond acceptors (Lipinski definition) is 4. The fourth-order valence-corrected chi connectivity index (χ4v) is 3.19. The highest BCUT2D eigenvalue weighted by Crippen LogP contribution is 2.27. The number of hydrogen-bond donors (Lipinski definition) is 1. The summed E-state index contributed by atoms with van der Waals surface area (Å²) in [5, 5.41) is 2.78. The van der Waals surface area contributed by atoms with Gasteiger partial charge in [0, 0.05) is 43.0 Å². The molecule has 1 saturated heterocycles. The number of benzene rings is 1. The van der Waals surface area contributed by atoms with Crippen LogP contribution in [0.25, 0.3) is 0 Å².